The zero-order valence-electron chi connectivity index (χ0n) is 11.1. The highest BCUT2D eigenvalue weighted by molar-refractivity contribution is 5.21. The van der Waals surface area contributed by atoms with Gasteiger partial charge < -0.3 is 5.73 Å². The molecule has 1 aromatic carbocycles. The Balaban J connectivity index is 2.13. The Kier molecular flexibility index (Phi) is 4.72. The van der Waals surface area contributed by atoms with E-state index in [0.717, 1.165) is 12.1 Å². The fourth-order valence-electron chi connectivity index (χ4n) is 2.52. The van der Waals surface area contributed by atoms with E-state index in [1.807, 2.05) is 6.07 Å². The van der Waals surface area contributed by atoms with Crippen molar-refractivity contribution in [1.82, 2.24) is 4.90 Å². The van der Waals surface area contributed by atoms with Gasteiger partial charge in [-0.1, -0.05) is 25.5 Å². The second-order valence-corrected chi connectivity index (χ2v) is 5.13. The third-order valence-electron chi connectivity index (χ3n) is 3.64. The molecule has 0 aliphatic heterocycles. The van der Waals surface area contributed by atoms with E-state index in [1.165, 1.54) is 31.7 Å². The van der Waals surface area contributed by atoms with Crippen LogP contribution < -0.4 is 5.73 Å². The first-order chi connectivity index (χ1) is 8.76. The molecule has 1 fully saturated rings. The minimum Gasteiger partial charge on any atom is -0.329 e. The maximum absolute atomic E-state index is 13.3. The molecule has 18 heavy (non-hydrogen) atoms. The van der Waals surface area contributed by atoms with Gasteiger partial charge >= 0.3 is 0 Å². The number of nitrogens with zero attached hydrogens (tertiary/aromatic N) is 1. The summed E-state index contributed by atoms with van der Waals surface area (Å²) in [5, 5.41) is 0. The molecule has 1 atom stereocenters. The molecule has 2 rings (SSSR count). The summed E-state index contributed by atoms with van der Waals surface area (Å²) in [6.45, 7) is 3.83. The lowest BCUT2D eigenvalue weighted by molar-refractivity contribution is 0.188. The number of hydrogen-bond acceptors (Lipinski definition) is 2. The first kappa shape index (κ1) is 13.5. The molecule has 0 aromatic heterocycles. The first-order valence-electron chi connectivity index (χ1n) is 6.97. The summed E-state index contributed by atoms with van der Waals surface area (Å²) < 4.78 is 13.3. The molecule has 0 amide bonds. The van der Waals surface area contributed by atoms with Crippen LogP contribution in [-0.4, -0.2) is 24.0 Å². The van der Waals surface area contributed by atoms with Gasteiger partial charge in [0.1, 0.15) is 5.82 Å². The van der Waals surface area contributed by atoms with Crippen molar-refractivity contribution in [2.75, 3.05) is 13.1 Å². The number of hydrogen-bond donors (Lipinski definition) is 1. The molecular weight excluding hydrogens is 227 g/mol. The Morgan fingerprint density at radius 1 is 1.44 bits per heavy atom. The van der Waals surface area contributed by atoms with Gasteiger partial charge in [-0.05, 0) is 43.5 Å². The molecule has 0 heterocycles. The van der Waals surface area contributed by atoms with Gasteiger partial charge in [0.25, 0.3) is 0 Å². The average molecular weight is 250 g/mol. The Morgan fingerprint density at radius 2 is 2.22 bits per heavy atom. The summed E-state index contributed by atoms with van der Waals surface area (Å²) >= 11 is 0. The van der Waals surface area contributed by atoms with Crippen molar-refractivity contribution >= 4 is 0 Å². The van der Waals surface area contributed by atoms with Crippen LogP contribution in [0.5, 0.6) is 0 Å². The summed E-state index contributed by atoms with van der Waals surface area (Å²) in [4.78, 5) is 2.47. The average Bonchev–Trinajstić information content (AvgIpc) is 3.18. The number of benzene rings is 1. The molecule has 0 saturated heterocycles. The van der Waals surface area contributed by atoms with Crippen molar-refractivity contribution in [1.29, 1.82) is 0 Å². The van der Waals surface area contributed by atoms with Crippen LogP contribution in [0.1, 0.15) is 44.2 Å². The molecule has 3 heteroatoms. The summed E-state index contributed by atoms with van der Waals surface area (Å²) in [6.07, 6.45) is 4.89. The normalized spacial score (nSPS) is 17.1. The predicted molar refractivity (Wildman–Crippen MR) is 72.8 cm³/mol. The third-order valence-corrected chi connectivity index (χ3v) is 3.64. The van der Waals surface area contributed by atoms with Crippen LogP contribution in [0.25, 0.3) is 0 Å². The highest BCUT2D eigenvalue weighted by atomic mass is 19.1. The quantitative estimate of drug-likeness (QED) is 0.805. The number of unbranched alkanes of at least 4 members (excludes halogenated alkanes) is 1. The lowest BCUT2D eigenvalue weighted by atomic mass is 10.0. The van der Waals surface area contributed by atoms with Crippen LogP contribution in [0.3, 0.4) is 0 Å². The largest absolute Gasteiger partial charge is 0.329 e. The fraction of sp³-hybridized carbons (Fsp3) is 0.600. The highest BCUT2D eigenvalue weighted by Crippen LogP contribution is 2.34. The Hall–Kier alpha value is -0.930. The lowest BCUT2D eigenvalue weighted by Gasteiger charge is -2.31. The molecule has 0 bridgehead atoms. The van der Waals surface area contributed by atoms with Crippen LogP contribution in [0.15, 0.2) is 24.3 Å². The van der Waals surface area contributed by atoms with Gasteiger partial charge in [0.15, 0.2) is 0 Å². The molecule has 0 spiro atoms. The van der Waals surface area contributed by atoms with Crippen molar-refractivity contribution in [3.05, 3.63) is 35.6 Å². The van der Waals surface area contributed by atoms with Gasteiger partial charge in [0.2, 0.25) is 0 Å². The topological polar surface area (TPSA) is 29.3 Å². The van der Waals surface area contributed by atoms with Crippen LogP contribution >= 0.6 is 0 Å². The molecule has 100 valence electrons. The Labute approximate surface area is 109 Å². The maximum Gasteiger partial charge on any atom is 0.123 e. The Bertz CT molecular complexity index is 377. The van der Waals surface area contributed by atoms with E-state index in [2.05, 4.69) is 11.8 Å². The number of rotatable bonds is 7. The van der Waals surface area contributed by atoms with E-state index in [-0.39, 0.29) is 11.9 Å². The molecule has 2 N–H and O–H groups in total. The lowest BCUT2D eigenvalue weighted by Crippen LogP contribution is -2.36. The molecule has 1 unspecified atom stereocenters. The molecule has 2 nitrogen and oxygen atoms in total. The van der Waals surface area contributed by atoms with Crippen LogP contribution in [0.4, 0.5) is 4.39 Å². The summed E-state index contributed by atoms with van der Waals surface area (Å²) in [5.74, 6) is -0.169. The third kappa shape index (κ3) is 3.30. The molecule has 1 saturated carbocycles. The van der Waals surface area contributed by atoms with Crippen LogP contribution in [0.2, 0.25) is 0 Å². The van der Waals surface area contributed by atoms with Crippen molar-refractivity contribution in [2.24, 2.45) is 5.73 Å². The zero-order chi connectivity index (χ0) is 13.0. The van der Waals surface area contributed by atoms with Gasteiger partial charge in [0.05, 0.1) is 0 Å². The summed E-state index contributed by atoms with van der Waals surface area (Å²) in [6, 6.07) is 7.71. The first-order valence-corrected chi connectivity index (χ1v) is 6.97. The van der Waals surface area contributed by atoms with E-state index in [0.29, 0.717) is 12.6 Å². The van der Waals surface area contributed by atoms with E-state index >= 15 is 0 Å². The number of halogens is 1. The zero-order valence-corrected chi connectivity index (χ0v) is 11.1. The second kappa shape index (κ2) is 6.30. The molecule has 1 aliphatic carbocycles. The van der Waals surface area contributed by atoms with Gasteiger partial charge in [-0.3, -0.25) is 4.90 Å². The second-order valence-electron chi connectivity index (χ2n) is 5.13. The minimum atomic E-state index is -0.169. The van der Waals surface area contributed by atoms with Crippen LogP contribution in [0, 0.1) is 5.82 Å². The van der Waals surface area contributed by atoms with E-state index in [9.17, 15) is 4.39 Å². The SMILES string of the molecule is CCCCN(C1CC1)C(CN)c1cccc(F)c1. The molecule has 0 radical (unpaired) electrons. The van der Waals surface area contributed by atoms with Gasteiger partial charge in [0, 0.05) is 18.6 Å². The standard InChI is InChI=1S/C15H23FN2/c1-2-3-9-18(14-7-8-14)15(11-17)12-5-4-6-13(16)10-12/h4-6,10,14-15H,2-3,7-9,11,17H2,1H3. The van der Waals surface area contributed by atoms with Gasteiger partial charge in [-0.15, -0.1) is 0 Å². The summed E-state index contributed by atoms with van der Waals surface area (Å²) in [5.41, 5.74) is 6.94. The number of nitrogens with two attached hydrogens (primary N) is 1. The smallest absolute Gasteiger partial charge is 0.123 e. The molecule has 1 aromatic rings. The van der Waals surface area contributed by atoms with E-state index < -0.39 is 0 Å². The monoisotopic (exact) mass is 250 g/mol. The Morgan fingerprint density at radius 3 is 2.78 bits per heavy atom. The van der Waals surface area contributed by atoms with Crippen molar-refractivity contribution < 1.29 is 4.39 Å². The maximum atomic E-state index is 13.3. The summed E-state index contributed by atoms with van der Waals surface area (Å²) in [7, 11) is 0. The van der Waals surface area contributed by atoms with E-state index in [4.69, 9.17) is 5.73 Å². The van der Waals surface area contributed by atoms with Crippen molar-refractivity contribution in [2.45, 2.75) is 44.7 Å². The highest BCUT2D eigenvalue weighted by Gasteiger charge is 2.33. The minimum absolute atomic E-state index is 0.166. The van der Waals surface area contributed by atoms with Gasteiger partial charge in [-0.25, -0.2) is 4.39 Å². The van der Waals surface area contributed by atoms with Gasteiger partial charge in [-0.2, -0.15) is 0 Å². The van der Waals surface area contributed by atoms with Crippen molar-refractivity contribution in [3.63, 3.8) is 0 Å². The fourth-order valence-corrected chi connectivity index (χ4v) is 2.52. The molecular formula is C15H23FN2. The van der Waals surface area contributed by atoms with E-state index in [1.54, 1.807) is 12.1 Å². The van der Waals surface area contributed by atoms with Crippen LogP contribution in [-0.2, 0) is 0 Å². The molecule has 1 aliphatic rings. The predicted octanol–water partition coefficient (Wildman–Crippen LogP) is 3.09. The van der Waals surface area contributed by atoms with Crippen molar-refractivity contribution in [3.8, 4) is 0 Å².